The van der Waals surface area contributed by atoms with Gasteiger partial charge in [-0.25, -0.2) is 9.59 Å². The molecule has 136 valence electrons. The van der Waals surface area contributed by atoms with Gasteiger partial charge in [-0.2, -0.15) is 0 Å². The Balaban J connectivity index is 2.20. The number of urea groups is 1. The minimum Gasteiger partial charge on any atom is -0.441 e. The fraction of sp³-hybridized carbons (Fsp3) is 0.188. The molecule has 0 radical (unpaired) electrons. The van der Waals surface area contributed by atoms with E-state index in [-0.39, 0.29) is 0 Å². The molecule has 10 nitrogen and oxygen atoms in total. The Morgan fingerprint density at radius 3 is 2.46 bits per heavy atom. The number of carbonyl (C=O) groups excluding carboxylic acids is 3. The van der Waals surface area contributed by atoms with Gasteiger partial charge in [-0.15, -0.1) is 0 Å². The Morgan fingerprint density at radius 2 is 1.88 bits per heavy atom. The maximum absolute atomic E-state index is 12.3. The number of nitrogens with zero attached hydrogens (tertiary/aromatic N) is 1. The first kappa shape index (κ1) is 18.6. The summed E-state index contributed by atoms with van der Waals surface area (Å²) in [5.74, 6) is -3.04. The van der Waals surface area contributed by atoms with Gasteiger partial charge >= 0.3 is 17.9 Å². The molecule has 0 saturated carbocycles. The van der Waals surface area contributed by atoms with Gasteiger partial charge in [0.05, 0.1) is 6.07 Å². The molecule has 0 aliphatic rings. The number of ether oxygens (including phenoxy) is 1. The first-order valence-electron chi connectivity index (χ1n) is 7.51. The number of furan rings is 1. The number of benzene rings is 1. The number of rotatable bonds is 6. The Kier molecular flexibility index (Phi) is 6.04. The van der Waals surface area contributed by atoms with E-state index in [9.17, 15) is 24.5 Å². The second-order valence-corrected chi connectivity index (χ2v) is 4.94. The number of carbonyl (C=O) groups is 3. The number of esters is 1. The second kappa shape index (κ2) is 8.42. The van der Waals surface area contributed by atoms with Crippen molar-refractivity contribution >= 4 is 23.8 Å². The fourth-order valence-electron chi connectivity index (χ4n) is 1.98. The van der Waals surface area contributed by atoms with Crippen LogP contribution in [0.15, 0.2) is 46.9 Å². The average molecular weight is 361 g/mol. The molecule has 1 unspecified atom stereocenters. The molecule has 0 aliphatic heterocycles. The molecule has 2 rings (SSSR count). The Hall–Kier alpha value is -3.69. The van der Waals surface area contributed by atoms with Crippen molar-refractivity contribution in [3.8, 4) is 0 Å². The molecule has 0 spiro atoms. The van der Waals surface area contributed by atoms with Crippen molar-refractivity contribution in [3.05, 3.63) is 63.9 Å². The first-order valence-corrected chi connectivity index (χ1v) is 7.51. The van der Waals surface area contributed by atoms with Crippen molar-refractivity contribution in [1.82, 2.24) is 10.6 Å². The summed E-state index contributed by atoms with van der Waals surface area (Å²) >= 11 is 0. The zero-order chi connectivity index (χ0) is 19.1. The minimum absolute atomic E-state index is 0.297. The summed E-state index contributed by atoms with van der Waals surface area (Å²) in [5, 5.41) is 15.1. The van der Waals surface area contributed by atoms with Crippen LogP contribution >= 0.6 is 0 Å². The van der Waals surface area contributed by atoms with Crippen LogP contribution in [0.5, 0.6) is 0 Å². The number of nitrogens with one attached hydrogen (secondary N) is 2. The van der Waals surface area contributed by atoms with Crippen molar-refractivity contribution in [3.63, 3.8) is 0 Å². The maximum Gasteiger partial charge on any atom is 0.433 e. The molecule has 1 aromatic heterocycles. The Morgan fingerprint density at radius 1 is 1.19 bits per heavy atom. The lowest BCUT2D eigenvalue weighted by molar-refractivity contribution is -0.402. The minimum atomic E-state index is -1.45. The molecule has 26 heavy (non-hydrogen) atoms. The van der Waals surface area contributed by atoms with Crippen LogP contribution in [0.3, 0.4) is 0 Å². The lowest BCUT2D eigenvalue weighted by Crippen LogP contribution is -2.42. The van der Waals surface area contributed by atoms with Gasteiger partial charge in [-0.3, -0.25) is 20.2 Å². The van der Waals surface area contributed by atoms with Gasteiger partial charge < -0.3 is 14.5 Å². The van der Waals surface area contributed by atoms with Crippen LogP contribution in [0.4, 0.5) is 10.7 Å². The van der Waals surface area contributed by atoms with Crippen LogP contribution in [0.2, 0.25) is 0 Å². The molecule has 0 aliphatic carbocycles. The quantitative estimate of drug-likeness (QED) is 0.455. The number of hydrogen-bond acceptors (Lipinski definition) is 7. The van der Waals surface area contributed by atoms with E-state index in [2.05, 4.69) is 10.6 Å². The molecule has 1 aromatic carbocycles. The predicted molar refractivity (Wildman–Crippen MR) is 87.2 cm³/mol. The van der Waals surface area contributed by atoms with Crippen LogP contribution in [-0.4, -0.2) is 29.4 Å². The van der Waals surface area contributed by atoms with Crippen LogP contribution in [-0.2, 0) is 9.53 Å². The van der Waals surface area contributed by atoms with Gasteiger partial charge in [0, 0.05) is 12.1 Å². The zero-order valence-corrected chi connectivity index (χ0v) is 13.6. The zero-order valence-electron chi connectivity index (χ0n) is 13.6. The number of nitro groups is 1. The maximum atomic E-state index is 12.3. The largest absolute Gasteiger partial charge is 0.441 e. The number of imide groups is 1. The topological polar surface area (TPSA) is 141 Å². The van der Waals surface area contributed by atoms with Gasteiger partial charge in [-0.1, -0.05) is 30.3 Å². The van der Waals surface area contributed by atoms with Crippen molar-refractivity contribution in [2.24, 2.45) is 0 Å². The van der Waals surface area contributed by atoms with Crippen LogP contribution in [0.1, 0.15) is 29.1 Å². The van der Waals surface area contributed by atoms with Gasteiger partial charge in [-0.05, 0) is 13.0 Å². The molecule has 1 heterocycles. The molecule has 3 amide bonds. The number of hydrogen-bond donors (Lipinski definition) is 2. The van der Waals surface area contributed by atoms with Gasteiger partial charge in [0.2, 0.25) is 11.9 Å². The monoisotopic (exact) mass is 361 g/mol. The Labute approximate surface area is 147 Å². The van der Waals surface area contributed by atoms with E-state index in [4.69, 9.17) is 9.15 Å². The summed E-state index contributed by atoms with van der Waals surface area (Å²) in [5.41, 5.74) is 0.309. The van der Waals surface area contributed by atoms with Crippen molar-refractivity contribution in [2.45, 2.75) is 13.0 Å². The van der Waals surface area contributed by atoms with E-state index in [1.807, 2.05) is 0 Å². The number of amides is 3. The van der Waals surface area contributed by atoms with E-state index in [0.717, 1.165) is 12.1 Å². The molecular formula is C16H15N3O7. The van der Waals surface area contributed by atoms with E-state index >= 15 is 0 Å². The summed E-state index contributed by atoms with van der Waals surface area (Å²) in [6.07, 6.45) is -1.45. The summed E-state index contributed by atoms with van der Waals surface area (Å²) in [7, 11) is 0. The molecule has 0 fully saturated rings. The summed E-state index contributed by atoms with van der Waals surface area (Å²) < 4.78 is 9.87. The van der Waals surface area contributed by atoms with Gasteiger partial charge in [0.1, 0.15) is 4.92 Å². The SMILES string of the molecule is CCNC(=O)NC(=O)C(OC(=O)c1ccc([N+](=O)[O-])o1)c1ccccc1. The highest BCUT2D eigenvalue weighted by Crippen LogP contribution is 2.22. The van der Waals surface area contributed by atoms with E-state index < -0.39 is 40.6 Å². The highest BCUT2D eigenvalue weighted by Gasteiger charge is 2.29. The predicted octanol–water partition coefficient (Wildman–Crippen LogP) is 1.93. The standard InChI is InChI=1S/C16H15N3O7/c1-2-17-16(22)18-14(20)13(10-6-4-3-5-7-10)26-15(21)11-8-9-12(25-11)19(23)24/h3-9,13H,2H2,1H3,(H2,17,18,20,22). The van der Waals surface area contributed by atoms with E-state index in [1.54, 1.807) is 25.1 Å². The Bertz CT molecular complexity index is 816. The summed E-state index contributed by atoms with van der Waals surface area (Å²) in [6, 6.07) is 9.29. The van der Waals surface area contributed by atoms with Crippen LogP contribution < -0.4 is 10.6 Å². The lowest BCUT2D eigenvalue weighted by Gasteiger charge is -2.17. The molecule has 10 heteroatoms. The van der Waals surface area contributed by atoms with Crippen LogP contribution in [0.25, 0.3) is 0 Å². The van der Waals surface area contributed by atoms with Crippen molar-refractivity contribution in [1.29, 1.82) is 0 Å². The average Bonchev–Trinajstić information content (AvgIpc) is 3.11. The van der Waals surface area contributed by atoms with E-state index in [0.29, 0.717) is 12.1 Å². The molecular weight excluding hydrogens is 346 g/mol. The normalized spacial score (nSPS) is 11.3. The van der Waals surface area contributed by atoms with Crippen molar-refractivity contribution < 1.29 is 28.5 Å². The first-order chi connectivity index (χ1) is 12.4. The molecule has 0 bridgehead atoms. The van der Waals surface area contributed by atoms with Crippen molar-refractivity contribution in [2.75, 3.05) is 6.54 Å². The lowest BCUT2D eigenvalue weighted by atomic mass is 10.1. The molecule has 2 N–H and O–H groups in total. The fourth-order valence-corrected chi connectivity index (χ4v) is 1.98. The van der Waals surface area contributed by atoms with Crippen LogP contribution in [0, 0.1) is 10.1 Å². The summed E-state index contributed by atoms with van der Waals surface area (Å²) in [6.45, 7) is 1.97. The second-order valence-electron chi connectivity index (χ2n) is 4.94. The summed E-state index contributed by atoms with van der Waals surface area (Å²) in [4.78, 5) is 45.8. The molecule has 2 aromatic rings. The van der Waals surface area contributed by atoms with Gasteiger partial charge in [0.25, 0.3) is 5.91 Å². The molecule has 0 saturated heterocycles. The smallest absolute Gasteiger partial charge is 0.433 e. The third-order valence-electron chi connectivity index (χ3n) is 3.11. The van der Waals surface area contributed by atoms with E-state index in [1.165, 1.54) is 12.1 Å². The third kappa shape index (κ3) is 4.66. The third-order valence-corrected chi connectivity index (χ3v) is 3.11. The van der Waals surface area contributed by atoms with Gasteiger partial charge in [0.15, 0.2) is 0 Å². The highest BCUT2D eigenvalue weighted by molar-refractivity contribution is 5.98. The highest BCUT2D eigenvalue weighted by atomic mass is 16.7. The molecule has 1 atom stereocenters.